The Bertz CT molecular complexity index is 264. The third-order valence-corrected chi connectivity index (χ3v) is 1.54. The molecule has 1 aromatic rings. The van der Waals surface area contributed by atoms with Crippen LogP contribution >= 0.6 is 0 Å². The van der Waals surface area contributed by atoms with Crippen LogP contribution in [-0.4, -0.2) is 0 Å². The van der Waals surface area contributed by atoms with Gasteiger partial charge < -0.3 is 0 Å². The van der Waals surface area contributed by atoms with Gasteiger partial charge >= 0.3 is 5.69 Å². The van der Waals surface area contributed by atoms with Crippen molar-refractivity contribution in [1.29, 1.82) is 5.39 Å². The Morgan fingerprint density at radius 3 is 2.00 bits per heavy atom. The van der Waals surface area contributed by atoms with Gasteiger partial charge in [0.1, 0.15) is 0 Å². The third-order valence-electron chi connectivity index (χ3n) is 1.54. The number of nitrogens with zero attached hydrogens (tertiary/aromatic N) is 2. The zero-order chi connectivity index (χ0) is 7.56. The van der Waals surface area contributed by atoms with Crippen LogP contribution in [0.5, 0.6) is 0 Å². The molecule has 0 bridgehead atoms. The Labute approximate surface area is 60.1 Å². The predicted octanol–water partition coefficient (Wildman–Crippen LogP) is 2.79. The minimum absolute atomic E-state index is 0.683. The first-order chi connectivity index (χ1) is 4.75. The fraction of sp³-hybridized carbons (Fsp3) is 0.250. The lowest BCUT2D eigenvalue weighted by Gasteiger charge is -1.88. The highest BCUT2D eigenvalue weighted by molar-refractivity contribution is 5.56. The van der Waals surface area contributed by atoms with Gasteiger partial charge in [-0.25, -0.2) is 0 Å². The monoisotopic (exact) mass is 133 g/mol. The molecule has 0 radical (unpaired) electrons. The normalized spacial score (nSPS) is 8.90. The molecule has 0 saturated carbocycles. The highest BCUT2D eigenvalue weighted by atomic mass is 14.9. The highest BCUT2D eigenvalue weighted by Gasteiger charge is 2.11. The lowest BCUT2D eigenvalue weighted by molar-refractivity contribution is 1.36. The molecule has 0 heterocycles. The van der Waals surface area contributed by atoms with E-state index in [1.54, 1.807) is 0 Å². The Kier molecular flexibility index (Phi) is 1.68. The summed E-state index contributed by atoms with van der Waals surface area (Å²) in [7, 11) is 0. The average molecular weight is 133 g/mol. The van der Waals surface area contributed by atoms with Crippen molar-refractivity contribution >= 4 is 5.69 Å². The molecule has 2 heteroatoms. The fourth-order valence-electron chi connectivity index (χ4n) is 0.963. The molecular formula is C8H9N2+. The van der Waals surface area contributed by atoms with E-state index in [4.69, 9.17) is 5.39 Å². The van der Waals surface area contributed by atoms with E-state index in [0.717, 1.165) is 11.1 Å². The van der Waals surface area contributed by atoms with Crippen molar-refractivity contribution in [2.45, 2.75) is 13.8 Å². The summed E-state index contributed by atoms with van der Waals surface area (Å²) in [5, 5.41) is 8.52. The minimum atomic E-state index is 0.683. The molecule has 0 fully saturated rings. The van der Waals surface area contributed by atoms with E-state index in [-0.39, 0.29) is 0 Å². The molecule has 0 N–H and O–H groups in total. The van der Waals surface area contributed by atoms with Gasteiger partial charge in [-0.2, -0.15) is 0 Å². The number of hydrogen-bond donors (Lipinski definition) is 0. The van der Waals surface area contributed by atoms with Crippen LogP contribution in [0.2, 0.25) is 0 Å². The third kappa shape index (κ3) is 0.985. The number of benzene rings is 1. The summed E-state index contributed by atoms with van der Waals surface area (Å²) in [6.45, 7) is 3.84. The molecule has 0 atom stereocenters. The molecule has 0 unspecified atom stereocenters. The van der Waals surface area contributed by atoms with Crippen LogP contribution in [0.25, 0.3) is 4.98 Å². The molecule has 50 valence electrons. The molecule has 0 aliphatic rings. The Balaban J connectivity index is 3.34. The van der Waals surface area contributed by atoms with Gasteiger partial charge in [0.2, 0.25) is 5.39 Å². The lowest BCUT2D eigenvalue weighted by atomic mass is 10.1. The number of rotatable bonds is 0. The van der Waals surface area contributed by atoms with E-state index >= 15 is 0 Å². The topological polar surface area (TPSA) is 28.1 Å². The summed E-state index contributed by atoms with van der Waals surface area (Å²) in [4.78, 5) is 3.17. The van der Waals surface area contributed by atoms with Crippen molar-refractivity contribution in [2.75, 3.05) is 0 Å². The van der Waals surface area contributed by atoms with Crippen molar-refractivity contribution in [3.63, 3.8) is 0 Å². The van der Waals surface area contributed by atoms with E-state index in [1.807, 2.05) is 32.0 Å². The molecule has 1 aromatic carbocycles. The van der Waals surface area contributed by atoms with Crippen LogP contribution in [0.15, 0.2) is 18.2 Å². The van der Waals surface area contributed by atoms with Gasteiger partial charge in [0.25, 0.3) is 0 Å². The zero-order valence-electron chi connectivity index (χ0n) is 6.13. The lowest BCUT2D eigenvalue weighted by Crippen LogP contribution is -1.75. The molecule has 0 aromatic heterocycles. The van der Waals surface area contributed by atoms with Crippen LogP contribution in [0.1, 0.15) is 11.1 Å². The summed E-state index contributed by atoms with van der Waals surface area (Å²) in [6, 6.07) is 5.78. The van der Waals surface area contributed by atoms with Gasteiger partial charge in [-0.1, -0.05) is 18.2 Å². The molecule has 2 nitrogen and oxygen atoms in total. The second-order valence-electron chi connectivity index (χ2n) is 2.34. The SMILES string of the molecule is Cc1cccc(C)c1[N+]#N. The number of hydrogen-bond acceptors (Lipinski definition) is 1. The van der Waals surface area contributed by atoms with Gasteiger partial charge in [-0.05, 0) is 13.8 Å². The second-order valence-corrected chi connectivity index (χ2v) is 2.34. The second kappa shape index (κ2) is 2.49. The minimum Gasteiger partial charge on any atom is -0.0612 e. The Morgan fingerprint density at radius 2 is 1.70 bits per heavy atom. The first-order valence-corrected chi connectivity index (χ1v) is 3.17. The molecule has 1 rings (SSSR count). The van der Waals surface area contributed by atoms with E-state index in [0.29, 0.717) is 5.69 Å². The summed E-state index contributed by atoms with van der Waals surface area (Å²) in [5.74, 6) is 0. The van der Waals surface area contributed by atoms with Gasteiger partial charge in [0.05, 0.1) is 0 Å². The van der Waals surface area contributed by atoms with Crippen molar-refractivity contribution in [3.8, 4) is 0 Å². The van der Waals surface area contributed by atoms with E-state index in [9.17, 15) is 0 Å². The molecule has 0 amide bonds. The molecular weight excluding hydrogens is 124 g/mol. The van der Waals surface area contributed by atoms with Crippen LogP contribution < -0.4 is 0 Å². The molecule has 0 spiro atoms. The van der Waals surface area contributed by atoms with E-state index in [1.165, 1.54) is 0 Å². The summed E-state index contributed by atoms with van der Waals surface area (Å²) in [6.07, 6.45) is 0. The maximum atomic E-state index is 8.52. The van der Waals surface area contributed by atoms with Crippen LogP contribution in [0.4, 0.5) is 5.69 Å². The van der Waals surface area contributed by atoms with Crippen molar-refractivity contribution in [3.05, 3.63) is 34.3 Å². The fourth-order valence-corrected chi connectivity index (χ4v) is 0.963. The van der Waals surface area contributed by atoms with Gasteiger partial charge in [-0.15, -0.1) is 0 Å². The van der Waals surface area contributed by atoms with Gasteiger partial charge in [-0.3, -0.25) is 0 Å². The largest absolute Gasteiger partial charge is 0.390 e. The summed E-state index contributed by atoms with van der Waals surface area (Å²) in [5.41, 5.74) is 2.69. The smallest absolute Gasteiger partial charge is 0.0612 e. The van der Waals surface area contributed by atoms with Crippen LogP contribution in [0.3, 0.4) is 0 Å². The number of diazo groups is 1. The first-order valence-electron chi connectivity index (χ1n) is 3.17. The Morgan fingerprint density at radius 1 is 1.20 bits per heavy atom. The summed E-state index contributed by atoms with van der Waals surface area (Å²) >= 11 is 0. The standard InChI is InChI=1S/C8H9N2/c1-6-4-3-5-7(2)8(6)10-9/h3-5H,1-2H3/q+1. The maximum absolute atomic E-state index is 8.52. The highest BCUT2D eigenvalue weighted by Crippen LogP contribution is 2.21. The molecule has 0 saturated heterocycles. The molecule has 0 aliphatic carbocycles. The van der Waals surface area contributed by atoms with Gasteiger partial charge in [0, 0.05) is 11.1 Å². The predicted molar refractivity (Wildman–Crippen MR) is 40.7 cm³/mol. The van der Waals surface area contributed by atoms with Crippen LogP contribution in [0, 0.1) is 19.2 Å². The van der Waals surface area contributed by atoms with Crippen LogP contribution in [-0.2, 0) is 0 Å². The number of aryl methyl sites for hydroxylation is 2. The molecule has 0 aliphatic heterocycles. The van der Waals surface area contributed by atoms with Crippen molar-refractivity contribution < 1.29 is 0 Å². The average Bonchev–Trinajstić information content (AvgIpc) is 1.88. The van der Waals surface area contributed by atoms with Gasteiger partial charge in [0.15, 0.2) is 4.98 Å². The quantitative estimate of drug-likeness (QED) is 0.500. The zero-order valence-corrected chi connectivity index (χ0v) is 6.13. The summed E-state index contributed by atoms with van der Waals surface area (Å²) < 4.78 is 0. The van der Waals surface area contributed by atoms with E-state index < -0.39 is 0 Å². The molecule has 10 heavy (non-hydrogen) atoms. The Hall–Kier alpha value is -1.36. The van der Waals surface area contributed by atoms with Crippen molar-refractivity contribution in [2.24, 2.45) is 0 Å². The van der Waals surface area contributed by atoms with E-state index in [2.05, 4.69) is 4.98 Å². The van der Waals surface area contributed by atoms with Crippen molar-refractivity contribution in [1.82, 2.24) is 0 Å². The maximum Gasteiger partial charge on any atom is 0.390 e. The first kappa shape index (κ1) is 6.76.